The number of fused-ring (bicyclic) bond motifs is 2. The third kappa shape index (κ3) is 3.08. The number of benzene rings is 2. The molecule has 6 nitrogen and oxygen atoms in total. The molecule has 2 aliphatic heterocycles. The van der Waals surface area contributed by atoms with Crippen LogP contribution in [0.4, 0.5) is 0 Å². The van der Waals surface area contributed by atoms with Crippen LogP contribution < -0.4 is 24.3 Å². The number of hydrogen-bond acceptors (Lipinski definition) is 5. The Bertz CT molecular complexity index is 774. The molecular weight excluding hydrogens is 310 g/mol. The Kier molecular flexibility index (Phi) is 3.86. The van der Waals surface area contributed by atoms with Gasteiger partial charge in [-0.1, -0.05) is 12.1 Å². The predicted molar refractivity (Wildman–Crippen MR) is 85.5 cm³/mol. The fourth-order valence-electron chi connectivity index (χ4n) is 2.74. The van der Waals surface area contributed by atoms with E-state index in [1.54, 1.807) is 0 Å². The number of hydrogen-bond donors (Lipinski definition) is 1. The van der Waals surface area contributed by atoms with Crippen molar-refractivity contribution in [2.24, 2.45) is 0 Å². The standard InChI is InChI=1S/C18H17NO5/c20-18(9-13-2-4-15-17(8-13)24-11-22-15)19-6-5-12-1-3-14-16(7-12)23-10-21-14/h1-4,7-8H,5-6,9-11H2,(H,19,20). The molecule has 2 aromatic rings. The van der Waals surface area contributed by atoms with Crippen molar-refractivity contribution in [1.29, 1.82) is 0 Å². The van der Waals surface area contributed by atoms with Gasteiger partial charge in [-0.3, -0.25) is 4.79 Å². The van der Waals surface area contributed by atoms with Crippen molar-refractivity contribution >= 4 is 5.91 Å². The minimum atomic E-state index is -0.0189. The molecule has 0 aliphatic carbocycles. The Hall–Kier alpha value is -2.89. The highest BCUT2D eigenvalue weighted by molar-refractivity contribution is 5.78. The molecule has 4 rings (SSSR count). The Morgan fingerprint density at radius 1 is 0.833 bits per heavy atom. The molecule has 2 aliphatic rings. The van der Waals surface area contributed by atoms with E-state index in [1.807, 2.05) is 36.4 Å². The molecule has 24 heavy (non-hydrogen) atoms. The third-order valence-corrected chi connectivity index (χ3v) is 3.97. The number of rotatable bonds is 5. The molecule has 0 fully saturated rings. The maximum atomic E-state index is 12.1. The van der Waals surface area contributed by atoms with Crippen molar-refractivity contribution in [1.82, 2.24) is 5.32 Å². The van der Waals surface area contributed by atoms with Crippen LogP contribution in [0.25, 0.3) is 0 Å². The molecular formula is C18H17NO5. The van der Waals surface area contributed by atoms with Crippen LogP contribution in [0.15, 0.2) is 36.4 Å². The molecule has 1 amide bonds. The lowest BCUT2D eigenvalue weighted by Gasteiger charge is -2.07. The normalized spacial score (nSPS) is 13.8. The lowest BCUT2D eigenvalue weighted by molar-refractivity contribution is -0.120. The first-order valence-electron chi connectivity index (χ1n) is 7.82. The van der Waals surface area contributed by atoms with Crippen molar-refractivity contribution in [3.05, 3.63) is 47.5 Å². The molecule has 2 heterocycles. The van der Waals surface area contributed by atoms with Gasteiger partial charge in [0, 0.05) is 6.54 Å². The minimum absolute atomic E-state index is 0.0189. The lowest BCUT2D eigenvalue weighted by atomic mass is 10.1. The summed E-state index contributed by atoms with van der Waals surface area (Å²) in [6, 6.07) is 11.4. The SMILES string of the molecule is O=C(Cc1ccc2c(c1)OCO2)NCCc1ccc2c(c1)OCO2. The molecule has 6 heteroatoms. The Morgan fingerprint density at radius 2 is 1.42 bits per heavy atom. The average molecular weight is 327 g/mol. The number of carbonyl (C=O) groups excluding carboxylic acids is 1. The van der Waals surface area contributed by atoms with Crippen LogP contribution in [0, 0.1) is 0 Å². The van der Waals surface area contributed by atoms with Crippen molar-refractivity contribution < 1.29 is 23.7 Å². The summed E-state index contributed by atoms with van der Waals surface area (Å²) < 4.78 is 21.2. The molecule has 0 aromatic heterocycles. The number of nitrogens with one attached hydrogen (secondary N) is 1. The van der Waals surface area contributed by atoms with Gasteiger partial charge >= 0.3 is 0 Å². The second-order valence-corrected chi connectivity index (χ2v) is 5.65. The highest BCUT2D eigenvalue weighted by atomic mass is 16.7. The van der Waals surface area contributed by atoms with Crippen LogP contribution in [0.2, 0.25) is 0 Å². The van der Waals surface area contributed by atoms with Crippen molar-refractivity contribution in [3.63, 3.8) is 0 Å². The summed E-state index contributed by atoms with van der Waals surface area (Å²) in [4.78, 5) is 12.1. The summed E-state index contributed by atoms with van der Waals surface area (Å²) in [5.41, 5.74) is 2.00. The Labute approximate surface area is 139 Å². The molecule has 1 N–H and O–H groups in total. The first-order chi connectivity index (χ1) is 11.8. The molecule has 0 bridgehead atoms. The van der Waals surface area contributed by atoms with Gasteiger partial charge < -0.3 is 24.3 Å². The Morgan fingerprint density at radius 3 is 2.12 bits per heavy atom. The summed E-state index contributed by atoms with van der Waals surface area (Å²) in [5.74, 6) is 2.93. The minimum Gasteiger partial charge on any atom is -0.454 e. The third-order valence-electron chi connectivity index (χ3n) is 3.97. The summed E-state index contributed by atoms with van der Waals surface area (Å²) in [6.45, 7) is 1.08. The maximum Gasteiger partial charge on any atom is 0.231 e. The Balaban J connectivity index is 1.27. The van der Waals surface area contributed by atoms with Gasteiger partial charge in [0.1, 0.15) is 0 Å². The van der Waals surface area contributed by atoms with Gasteiger partial charge in [-0.25, -0.2) is 0 Å². The van der Waals surface area contributed by atoms with Gasteiger partial charge in [0.15, 0.2) is 23.0 Å². The second-order valence-electron chi connectivity index (χ2n) is 5.65. The van der Waals surface area contributed by atoms with E-state index >= 15 is 0 Å². The molecule has 0 unspecified atom stereocenters. The van der Waals surface area contributed by atoms with Gasteiger partial charge in [-0.15, -0.1) is 0 Å². The number of carbonyl (C=O) groups is 1. The van der Waals surface area contributed by atoms with E-state index in [0.717, 1.165) is 34.8 Å². The first-order valence-corrected chi connectivity index (χ1v) is 7.82. The lowest BCUT2D eigenvalue weighted by Crippen LogP contribution is -2.27. The highest BCUT2D eigenvalue weighted by Crippen LogP contribution is 2.33. The summed E-state index contributed by atoms with van der Waals surface area (Å²) in [6.07, 6.45) is 1.06. The zero-order chi connectivity index (χ0) is 16.4. The van der Waals surface area contributed by atoms with Gasteiger partial charge in [-0.05, 0) is 41.8 Å². The summed E-state index contributed by atoms with van der Waals surface area (Å²) in [7, 11) is 0. The van der Waals surface area contributed by atoms with Crippen LogP contribution in [0.1, 0.15) is 11.1 Å². The maximum absolute atomic E-state index is 12.1. The molecule has 0 atom stereocenters. The topological polar surface area (TPSA) is 66.0 Å². The van der Waals surface area contributed by atoms with Crippen LogP contribution in [0.5, 0.6) is 23.0 Å². The van der Waals surface area contributed by atoms with Crippen molar-refractivity contribution in [3.8, 4) is 23.0 Å². The van der Waals surface area contributed by atoms with E-state index < -0.39 is 0 Å². The van der Waals surface area contributed by atoms with E-state index in [4.69, 9.17) is 18.9 Å². The van der Waals surface area contributed by atoms with E-state index in [1.165, 1.54) is 0 Å². The highest BCUT2D eigenvalue weighted by Gasteiger charge is 2.15. The van der Waals surface area contributed by atoms with E-state index in [-0.39, 0.29) is 19.5 Å². The molecule has 124 valence electrons. The van der Waals surface area contributed by atoms with Gasteiger partial charge in [0.25, 0.3) is 0 Å². The molecule has 0 saturated carbocycles. The molecule has 0 spiro atoms. The molecule has 0 radical (unpaired) electrons. The van der Waals surface area contributed by atoms with E-state index in [2.05, 4.69) is 5.32 Å². The van der Waals surface area contributed by atoms with Crippen LogP contribution in [-0.4, -0.2) is 26.0 Å². The van der Waals surface area contributed by atoms with Crippen LogP contribution >= 0.6 is 0 Å². The van der Waals surface area contributed by atoms with Gasteiger partial charge in [0.2, 0.25) is 19.5 Å². The molecule has 2 aromatic carbocycles. The fourth-order valence-corrected chi connectivity index (χ4v) is 2.74. The largest absolute Gasteiger partial charge is 0.454 e. The van der Waals surface area contributed by atoms with Gasteiger partial charge in [-0.2, -0.15) is 0 Å². The van der Waals surface area contributed by atoms with Crippen molar-refractivity contribution in [2.75, 3.05) is 20.1 Å². The van der Waals surface area contributed by atoms with Crippen LogP contribution in [0.3, 0.4) is 0 Å². The summed E-state index contributed by atoms with van der Waals surface area (Å²) in [5, 5.41) is 2.93. The zero-order valence-electron chi connectivity index (χ0n) is 13.0. The smallest absolute Gasteiger partial charge is 0.231 e. The molecule has 0 saturated heterocycles. The van der Waals surface area contributed by atoms with Crippen LogP contribution in [-0.2, 0) is 17.6 Å². The first kappa shape index (κ1) is 14.7. The number of amides is 1. The van der Waals surface area contributed by atoms with E-state index in [0.29, 0.717) is 18.7 Å². The number of ether oxygens (including phenoxy) is 4. The summed E-state index contributed by atoms with van der Waals surface area (Å²) >= 11 is 0. The van der Waals surface area contributed by atoms with E-state index in [9.17, 15) is 4.79 Å². The fraction of sp³-hybridized carbons (Fsp3) is 0.278. The second kappa shape index (κ2) is 6.31. The predicted octanol–water partition coefficient (Wildman–Crippen LogP) is 2.05. The zero-order valence-corrected chi connectivity index (χ0v) is 13.0. The quantitative estimate of drug-likeness (QED) is 0.910. The monoisotopic (exact) mass is 327 g/mol. The van der Waals surface area contributed by atoms with Gasteiger partial charge in [0.05, 0.1) is 6.42 Å². The van der Waals surface area contributed by atoms with Crippen molar-refractivity contribution in [2.45, 2.75) is 12.8 Å². The average Bonchev–Trinajstić information content (AvgIpc) is 3.22.